The molecule has 7 heteroatoms. The quantitative estimate of drug-likeness (QED) is 0.537. The van der Waals surface area contributed by atoms with Gasteiger partial charge in [0.2, 0.25) is 0 Å². The molecule has 0 unspecified atom stereocenters. The van der Waals surface area contributed by atoms with E-state index in [1.807, 2.05) is 55.5 Å². The maximum atomic E-state index is 12.4. The van der Waals surface area contributed by atoms with Crippen molar-refractivity contribution in [3.05, 3.63) is 70.1 Å². The molecule has 0 aromatic heterocycles. The Labute approximate surface area is 173 Å². The highest BCUT2D eigenvalue weighted by atomic mass is 32.2. The molecule has 0 spiro atoms. The van der Waals surface area contributed by atoms with E-state index in [0.29, 0.717) is 11.5 Å². The summed E-state index contributed by atoms with van der Waals surface area (Å²) in [5.74, 6) is -1.05. The molecule has 5 nitrogen and oxygen atoms in total. The van der Waals surface area contributed by atoms with Gasteiger partial charge in [-0.25, -0.2) is 0 Å². The Morgan fingerprint density at radius 2 is 1.86 bits per heavy atom. The van der Waals surface area contributed by atoms with Crippen LogP contribution in [0.2, 0.25) is 0 Å². The first-order valence-electron chi connectivity index (χ1n) is 8.61. The number of hydrogen-bond acceptors (Lipinski definition) is 6. The summed E-state index contributed by atoms with van der Waals surface area (Å²) in [6.07, 6.45) is 1.69. The SMILES string of the molecule is Cc1ccc(COc2ccc(/C=C3\SC(=S)N([C@H](C)C(=O)[O-])C3=O)cc2)cc1. The summed E-state index contributed by atoms with van der Waals surface area (Å²) in [6, 6.07) is 14.3. The molecule has 3 rings (SSSR count). The van der Waals surface area contributed by atoms with E-state index >= 15 is 0 Å². The van der Waals surface area contributed by atoms with Crippen LogP contribution in [0.25, 0.3) is 6.08 Å². The lowest BCUT2D eigenvalue weighted by atomic mass is 10.1. The maximum absolute atomic E-state index is 12.4. The van der Waals surface area contributed by atoms with E-state index in [1.54, 1.807) is 6.08 Å². The first kappa shape index (κ1) is 20.1. The van der Waals surface area contributed by atoms with Crippen LogP contribution in [0.4, 0.5) is 0 Å². The minimum atomic E-state index is -1.34. The van der Waals surface area contributed by atoms with Crippen LogP contribution >= 0.6 is 24.0 Å². The highest BCUT2D eigenvalue weighted by Crippen LogP contribution is 2.34. The second-order valence-electron chi connectivity index (χ2n) is 6.39. The van der Waals surface area contributed by atoms with Crippen LogP contribution < -0.4 is 9.84 Å². The molecule has 1 saturated heterocycles. The topological polar surface area (TPSA) is 69.7 Å². The first-order chi connectivity index (χ1) is 13.3. The van der Waals surface area contributed by atoms with Crippen LogP contribution in [0.15, 0.2) is 53.4 Å². The zero-order valence-corrected chi connectivity index (χ0v) is 17.0. The number of aliphatic carboxylic acids is 1. The molecule has 28 heavy (non-hydrogen) atoms. The average molecular weight is 413 g/mol. The monoisotopic (exact) mass is 412 g/mol. The number of nitrogens with zero attached hydrogens (tertiary/aromatic N) is 1. The van der Waals surface area contributed by atoms with Crippen molar-refractivity contribution in [2.24, 2.45) is 0 Å². The third-order valence-electron chi connectivity index (χ3n) is 4.26. The fourth-order valence-corrected chi connectivity index (χ4v) is 4.00. The minimum Gasteiger partial charge on any atom is -0.548 e. The van der Waals surface area contributed by atoms with Crippen LogP contribution in [0.3, 0.4) is 0 Å². The van der Waals surface area contributed by atoms with Crippen molar-refractivity contribution >= 4 is 46.3 Å². The van der Waals surface area contributed by atoms with Crippen LogP contribution in [0, 0.1) is 6.92 Å². The van der Waals surface area contributed by atoms with E-state index in [1.165, 1.54) is 12.5 Å². The van der Waals surface area contributed by atoms with Crippen LogP contribution in [-0.4, -0.2) is 27.1 Å². The van der Waals surface area contributed by atoms with Crippen molar-refractivity contribution in [2.45, 2.75) is 26.5 Å². The number of ether oxygens (including phenoxy) is 1. The van der Waals surface area contributed by atoms with Crippen molar-refractivity contribution in [3.63, 3.8) is 0 Å². The number of thioether (sulfide) groups is 1. The van der Waals surface area contributed by atoms with E-state index < -0.39 is 17.9 Å². The Morgan fingerprint density at radius 1 is 1.21 bits per heavy atom. The van der Waals surface area contributed by atoms with Gasteiger partial charge in [0.15, 0.2) is 0 Å². The summed E-state index contributed by atoms with van der Waals surface area (Å²) in [5.41, 5.74) is 3.08. The molecule has 1 amide bonds. The van der Waals surface area contributed by atoms with E-state index in [0.717, 1.165) is 33.5 Å². The van der Waals surface area contributed by atoms with E-state index in [4.69, 9.17) is 17.0 Å². The van der Waals surface area contributed by atoms with E-state index in [-0.39, 0.29) is 4.32 Å². The number of carboxylic acids is 1. The second-order valence-corrected chi connectivity index (χ2v) is 8.07. The van der Waals surface area contributed by atoms with Gasteiger partial charge in [0.1, 0.15) is 16.7 Å². The molecule has 0 saturated carbocycles. The highest BCUT2D eigenvalue weighted by Gasteiger charge is 2.35. The maximum Gasteiger partial charge on any atom is 0.266 e. The predicted molar refractivity (Wildman–Crippen MR) is 111 cm³/mol. The predicted octanol–water partition coefficient (Wildman–Crippen LogP) is 2.91. The van der Waals surface area contributed by atoms with Crippen molar-refractivity contribution in [1.82, 2.24) is 4.90 Å². The van der Waals surface area contributed by atoms with Crippen molar-refractivity contribution in [1.29, 1.82) is 0 Å². The molecule has 2 aromatic carbocycles. The van der Waals surface area contributed by atoms with Gasteiger partial charge in [0.25, 0.3) is 5.91 Å². The van der Waals surface area contributed by atoms with Gasteiger partial charge >= 0.3 is 0 Å². The van der Waals surface area contributed by atoms with Gasteiger partial charge in [-0.1, -0.05) is 65.9 Å². The van der Waals surface area contributed by atoms with Crippen LogP contribution in [0.1, 0.15) is 23.6 Å². The molecule has 1 heterocycles. The summed E-state index contributed by atoms with van der Waals surface area (Å²) >= 11 is 6.21. The lowest BCUT2D eigenvalue weighted by Gasteiger charge is -2.23. The smallest absolute Gasteiger partial charge is 0.266 e. The third-order valence-corrected chi connectivity index (χ3v) is 5.59. The molecule has 2 aromatic rings. The number of amides is 1. The highest BCUT2D eigenvalue weighted by molar-refractivity contribution is 8.26. The Hall–Kier alpha value is -2.64. The molecule has 1 aliphatic rings. The third kappa shape index (κ3) is 4.61. The Balaban J connectivity index is 1.66. The summed E-state index contributed by atoms with van der Waals surface area (Å²) in [4.78, 5) is 25.0. The fourth-order valence-electron chi connectivity index (χ4n) is 2.58. The van der Waals surface area contributed by atoms with Gasteiger partial charge in [-0.15, -0.1) is 0 Å². The Bertz CT molecular complexity index is 936. The summed E-state index contributed by atoms with van der Waals surface area (Å²) < 4.78 is 5.99. The summed E-state index contributed by atoms with van der Waals surface area (Å²) in [7, 11) is 0. The average Bonchev–Trinajstić information content (AvgIpc) is 2.95. The molecule has 1 aliphatic heterocycles. The number of thiocarbonyl (C=S) groups is 1. The lowest BCUT2D eigenvalue weighted by molar-refractivity contribution is -0.309. The minimum absolute atomic E-state index is 0.214. The van der Waals surface area contributed by atoms with E-state index in [2.05, 4.69) is 0 Å². The molecule has 1 atom stereocenters. The fraction of sp³-hybridized carbons (Fsp3) is 0.190. The van der Waals surface area contributed by atoms with Crippen LogP contribution in [0.5, 0.6) is 5.75 Å². The molecule has 1 fully saturated rings. The first-order valence-corrected chi connectivity index (χ1v) is 9.84. The molecular weight excluding hydrogens is 394 g/mol. The Morgan fingerprint density at radius 3 is 2.46 bits per heavy atom. The van der Waals surface area contributed by atoms with E-state index in [9.17, 15) is 14.7 Å². The van der Waals surface area contributed by atoms with Gasteiger partial charge in [-0.2, -0.15) is 0 Å². The Kier molecular flexibility index (Phi) is 6.16. The standard InChI is InChI=1S/C21H19NO4S2/c1-13-3-5-16(6-4-13)12-26-17-9-7-15(8-10-17)11-18-19(23)22(21(27)28-18)14(2)20(24)25/h3-11,14H,12H2,1-2H3,(H,24,25)/p-1/b18-11-/t14-/m1/s1. The van der Waals surface area contributed by atoms with Crippen molar-refractivity contribution < 1.29 is 19.4 Å². The largest absolute Gasteiger partial charge is 0.548 e. The molecular formula is C21H18NO4S2-. The normalized spacial score (nSPS) is 16.5. The van der Waals surface area contributed by atoms with Crippen LogP contribution in [-0.2, 0) is 16.2 Å². The van der Waals surface area contributed by atoms with Gasteiger partial charge in [-0.3, -0.25) is 9.69 Å². The summed E-state index contributed by atoms with van der Waals surface area (Å²) in [5, 5.41) is 11.1. The zero-order chi connectivity index (χ0) is 20.3. The number of carbonyl (C=O) groups excluding carboxylic acids is 2. The number of carbonyl (C=O) groups is 2. The molecule has 0 bridgehead atoms. The number of rotatable bonds is 6. The number of aryl methyl sites for hydroxylation is 1. The van der Waals surface area contributed by atoms with Crippen molar-refractivity contribution in [3.8, 4) is 5.75 Å². The molecule has 0 radical (unpaired) electrons. The van der Waals surface area contributed by atoms with Gasteiger partial charge < -0.3 is 14.6 Å². The van der Waals surface area contributed by atoms with Gasteiger partial charge in [0.05, 0.1) is 16.9 Å². The molecule has 144 valence electrons. The lowest BCUT2D eigenvalue weighted by Crippen LogP contribution is -2.48. The summed E-state index contributed by atoms with van der Waals surface area (Å²) in [6.45, 7) is 3.89. The number of benzene rings is 2. The number of carboxylic acid groups (broad SMARTS) is 1. The van der Waals surface area contributed by atoms with Gasteiger partial charge in [-0.05, 0) is 43.2 Å². The van der Waals surface area contributed by atoms with Crippen molar-refractivity contribution in [2.75, 3.05) is 0 Å². The van der Waals surface area contributed by atoms with Gasteiger partial charge in [0, 0.05) is 0 Å². The molecule has 0 aliphatic carbocycles. The molecule has 0 N–H and O–H groups in total. The zero-order valence-electron chi connectivity index (χ0n) is 15.4. The second kappa shape index (κ2) is 8.58. The number of hydrogen-bond donors (Lipinski definition) is 0.